The summed E-state index contributed by atoms with van der Waals surface area (Å²) in [5.41, 5.74) is 2.20. The third-order valence-electron chi connectivity index (χ3n) is 3.63. The Kier molecular flexibility index (Phi) is 2.76. The fourth-order valence-corrected chi connectivity index (χ4v) is 2.22. The molecule has 0 heterocycles. The molecule has 0 unspecified atom stereocenters. The highest BCUT2D eigenvalue weighted by Gasteiger charge is 2.52. The summed E-state index contributed by atoms with van der Waals surface area (Å²) in [6, 6.07) is 8.39. The average molecular weight is 232 g/mol. The van der Waals surface area contributed by atoms with Crippen molar-refractivity contribution in [1.82, 2.24) is 0 Å². The van der Waals surface area contributed by atoms with Crippen LogP contribution in [0.25, 0.3) is 0 Å². The van der Waals surface area contributed by atoms with Crippen LogP contribution in [0.2, 0.25) is 0 Å². The molecule has 0 atom stereocenters. The van der Waals surface area contributed by atoms with Gasteiger partial charge in [0.1, 0.15) is 0 Å². The maximum absolute atomic E-state index is 11.8. The van der Waals surface area contributed by atoms with Crippen LogP contribution >= 0.6 is 0 Å². The first kappa shape index (κ1) is 12.2. The number of carbonyl (C=O) groups excluding carboxylic acids is 1. The van der Waals surface area contributed by atoms with Gasteiger partial charge in [0.15, 0.2) is 0 Å². The normalized spacial score (nSPS) is 17.6. The van der Waals surface area contributed by atoms with Crippen LogP contribution in [0.1, 0.15) is 44.7 Å². The van der Waals surface area contributed by atoms with E-state index in [0.717, 1.165) is 18.4 Å². The van der Waals surface area contributed by atoms with Gasteiger partial charge in [0.25, 0.3) is 0 Å². The van der Waals surface area contributed by atoms with Crippen molar-refractivity contribution in [2.75, 3.05) is 7.11 Å². The molecule has 0 spiro atoms. The fraction of sp³-hybridized carbons (Fsp3) is 0.533. The van der Waals surface area contributed by atoms with Gasteiger partial charge in [0.2, 0.25) is 0 Å². The number of hydrogen-bond acceptors (Lipinski definition) is 2. The van der Waals surface area contributed by atoms with E-state index in [-0.39, 0.29) is 16.8 Å². The summed E-state index contributed by atoms with van der Waals surface area (Å²) < 4.78 is 4.89. The molecule has 0 bridgehead atoms. The number of rotatable bonds is 2. The number of benzene rings is 1. The van der Waals surface area contributed by atoms with Gasteiger partial charge in [-0.05, 0) is 29.4 Å². The second-order valence-corrected chi connectivity index (χ2v) is 5.90. The minimum atomic E-state index is -0.342. The number of esters is 1. The molecule has 2 rings (SSSR count). The Morgan fingerprint density at radius 2 is 1.71 bits per heavy atom. The molecule has 1 aliphatic rings. The molecule has 17 heavy (non-hydrogen) atoms. The van der Waals surface area contributed by atoms with Gasteiger partial charge in [0, 0.05) is 0 Å². The summed E-state index contributed by atoms with van der Waals surface area (Å²) in [6.07, 6.45) is 1.82. The van der Waals surface area contributed by atoms with Gasteiger partial charge in [0.05, 0.1) is 12.5 Å². The topological polar surface area (TPSA) is 26.3 Å². The highest BCUT2D eigenvalue weighted by atomic mass is 16.5. The van der Waals surface area contributed by atoms with Crippen molar-refractivity contribution in [2.24, 2.45) is 0 Å². The van der Waals surface area contributed by atoms with Crippen molar-refractivity contribution in [1.29, 1.82) is 0 Å². The van der Waals surface area contributed by atoms with Crippen LogP contribution in [0.5, 0.6) is 0 Å². The van der Waals surface area contributed by atoms with Gasteiger partial charge in [-0.3, -0.25) is 4.79 Å². The molecule has 0 saturated heterocycles. The zero-order valence-corrected chi connectivity index (χ0v) is 11.0. The lowest BCUT2D eigenvalue weighted by Crippen LogP contribution is -2.22. The summed E-state index contributed by atoms with van der Waals surface area (Å²) in [7, 11) is 1.46. The Morgan fingerprint density at radius 1 is 1.18 bits per heavy atom. The van der Waals surface area contributed by atoms with Gasteiger partial charge in [-0.25, -0.2) is 0 Å². The molecular weight excluding hydrogens is 212 g/mol. The van der Waals surface area contributed by atoms with Gasteiger partial charge >= 0.3 is 5.97 Å². The SMILES string of the molecule is COC(=O)C1(c2ccc(C(C)(C)C)cc2)CC1. The lowest BCUT2D eigenvalue weighted by atomic mass is 9.85. The van der Waals surface area contributed by atoms with Crippen molar-refractivity contribution in [3.05, 3.63) is 35.4 Å². The molecule has 0 radical (unpaired) electrons. The highest BCUT2D eigenvalue weighted by Crippen LogP contribution is 2.49. The molecule has 0 amide bonds. The molecule has 1 saturated carbocycles. The van der Waals surface area contributed by atoms with E-state index >= 15 is 0 Å². The molecule has 0 N–H and O–H groups in total. The van der Waals surface area contributed by atoms with Crippen molar-refractivity contribution >= 4 is 5.97 Å². The molecule has 92 valence electrons. The number of carbonyl (C=O) groups is 1. The Balaban J connectivity index is 2.28. The summed E-state index contributed by atoms with van der Waals surface area (Å²) in [6.45, 7) is 6.57. The van der Waals surface area contributed by atoms with Crippen LogP contribution in [0.15, 0.2) is 24.3 Å². The zero-order valence-electron chi connectivity index (χ0n) is 11.0. The number of ether oxygens (including phenoxy) is 1. The Morgan fingerprint density at radius 3 is 2.06 bits per heavy atom. The first-order valence-electron chi connectivity index (χ1n) is 6.09. The van der Waals surface area contributed by atoms with Crippen LogP contribution < -0.4 is 0 Å². The number of hydrogen-bond donors (Lipinski definition) is 0. The maximum atomic E-state index is 11.8. The van der Waals surface area contributed by atoms with Crippen LogP contribution in [-0.4, -0.2) is 13.1 Å². The largest absolute Gasteiger partial charge is 0.468 e. The molecule has 1 fully saturated rings. The van der Waals surface area contributed by atoms with Gasteiger partial charge in [-0.1, -0.05) is 45.0 Å². The van der Waals surface area contributed by atoms with Crippen molar-refractivity contribution in [2.45, 2.75) is 44.4 Å². The summed E-state index contributed by atoms with van der Waals surface area (Å²) in [5.74, 6) is -0.0963. The molecule has 1 aromatic carbocycles. The van der Waals surface area contributed by atoms with E-state index in [4.69, 9.17) is 4.74 Å². The van der Waals surface area contributed by atoms with Crippen LogP contribution in [0.3, 0.4) is 0 Å². The van der Waals surface area contributed by atoms with Crippen LogP contribution in [-0.2, 0) is 20.4 Å². The monoisotopic (exact) mass is 232 g/mol. The Labute approximate surface area is 103 Å². The zero-order chi connectivity index (χ0) is 12.7. The van der Waals surface area contributed by atoms with Crippen molar-refractivity contribution < 1.29 is 9.53 Å². The minimum Gasteiger partial charge on any atom is -0.468 e. The summed E-state index contributed by atoms with van der Waals surface area (Å²) in [4.78, 5) is 11.8. The van der Waals surface area contributed by atoms with Crippen molar-refractivity contribution in [3.8, 4) is 0 Å². The fourth-order valence-electron chi connectivity index (χ4n) is 2.22. The third-order valence-corrected chi connectivity index (χ3v) is 3.63. The van der Waals surface area contributed by atoms with Crippen molar-refractivity contribution in [3.63, 3.8) is 0 Å². The standard InChI is InChI=1S/C15H20O2/c1-14(2,3)11-5-7-12(8-6-11)15(9-10-15)13(16)17-4/h5-8H,9-10H2,1-4H3. The molecule has 0 aliphatic heterocycles. The third kappa shape index (κ3) is 2.08. The van der Waals surface area contributed by atoms with E-state index in [1.54, 1.807) is 0 Å². The first-order chi connectivity index (χ1) is 7.90. The molecule has 2 heteroatoms. The lowest BCUT2D eigenvalue weighted by molar-refractivity contribution is -0.143. The quantitative estimate of drug-likeness (QED) is 0.732. The second-order valence-electron chi connectivity index (χ2n) is 5.90. The molecular formula is C15H20O2. The molecule has 1 aliphatic carbocycles. The predicted octanol–water partition coefficient (Wildman–Crippen LogP) is 3.19. The van der Waals surface area contributed by atoms with E-state index in [0.29, 0.717) is 0 Å². The summed E-state index contributed by atoms with van der Waals surface area (Å²) in [5, 5.41) is 0. The van der Waals surface area contributed by atoms with E-state index in [1.807, 2.05) is 0 Å². The van der Waals surface area contributed by atoms with Gasteiger partial charge < -0.3 is 4.74 Å². The Hall–Kier alpha value is -1.31. The van der Waals surface area contributed by atoms with E-state index in [1.165, 1.54) is 12.7 Å². The first-order valence-corrected chi connectivity index (χ1v) is 6.09. The molecule has 0 aromatic heterocycles. The highest BCUT2D eigenvalue weighted by molar-refractivity contribution is 5.86. The average Bonchev–Trinajstić information content (AvgIpc) is 3.08. The van der Waals surface area contributed by atoms with Crippen LogP contribution in [0.4, 0.5) is 0 Å². The maximum Gasteiger partial charge on any atom is 0.316 e. The lowest BCUT2D eigenvalue weighted by Gasteiger charge is -2.20. The molecule has 1 aromatic rings. The number of methoxy groups -OCH3 is 1. The van der Waals surface area contributed by atoms with Gasteiger partial charge in [-0.2, -0.15) is 0 Å². The predicted molar refractivity (Wildman–Crippen MR) is 68.1 cm³/mol. The second kappa shape index (κ2) is 3.86. The van der Waals surface area contributed by atoms with E-state index in [2.05, 4.69) is 45.0 Å². The molecule has 2 nitrogen and oxygen atoms in total. The smallest absolute Gasteiger partial charge is 0.316 e. The summed E-state index contributed by atoms with van der Waals surface area (Å²) >= 11 is 0. The van der Waals surface area contributed by atoms with E-state index < -0.39 is 0 Å². The Bertz CT molecular complexity index is 419. The minimum absolute atomic E-state index is 0.0963. The van der Waals surface area contributed by atoms with Gasteiger partial charge in [-0.15, -0.1) is 0 Å². The van der Waals surface area contributed by atoms with E-state index in [9.17, 15) is 4.79 Å². The van der Waals surface area contributed by atoms with Crippen LogP contribution in [0, 0.1) is 0 Å².